The van der Waals surface area contributed by atoms with Gasteiger partial charge in [-0.1, -0.05) is 30.3 Å². The zero-order chi connectivity index (χ0) is 20.4. The Balaban J connectivity index is 2.95. The molecule has 8 nitrogen and oxygen atoms in total. The highest BCUT2D eigenvalue weighted by Gasteiger charge is 2.34. The van der Waals surface area contributed by atoms with E-state index < -0.39 is 35.9 Å². The SMILES string of the molecule is COCCNC(C(=O)O)C(O)C(Cc1ccccc1)NC(=O)OC(C)(C)C. The summed E-state index contributed by atoms with van der Waals surface area (Å²) in [6.45, 7) is 5.71. The Morgan fingerprint density at radius 3 is 2.33 bits per heavy atom. The molecule has 152 valence electrons. The number of alkyl carbamates (subject to hydrolysis) is 1. The van der Waals surface area contributed by atoms with Gasteiger partial charge in [0.05, 0.1) is 12.6 Å². The van der Waals surface area contributed by atoms with Gasteiger partial charge in [0.1, 0.15) is 17.7 Å². The van der Waals surface area contributed by atoms with Gasteiger partial charge in [-0.25, -0.2) is 4.79 Å². The molecule has 0 aliphatic heterocycles. The lowest BCUT2D eigenvalue weighted by atomic mass is 9.96. The molecule has 0 radical (unpaired) electrons. The normalized spacial score (nSPS) is 14.9. The molecule has 4 N–H and O–H groups in total. The number of carbonyl (C=O) groups excluding carboxylic acids is 1. The smallest absolute Gasteiger partial charge is 0.407 e. The molecule has 27 heavy (non-hydrogen) atoms. The number of ether oxygens (including phenoxy) is 2. The van der Waals surface area contributed by atoms with Crippen LogP contribution in [-0.2, 0) is 20.7 Å². The van der Waals surface area contributed by atoms with Gasteiger partial charge in [-0.3, -0.25) is 10.1 Å². The summed E-state index contributed by atoms with van der Waals surface area (Å²) in [4.78, 5) is 23.8. The number of aliphatic hydroxyl groups excluding tert-OH is 1. The summed E-state index contributed by atoms with van der Waals surface area (Å²) >= 11 is 0. The van der Waals surface area contributed by atoms with Crippen LogP contribution in [0.4, 0.5) is 4.79 Å². The molecule has 0 spiro atoms. The predicted octanol–water partition coefficient (Wildman–Crippen LogP) is 1.17. The van der Waals surface area contributed by atoms with E-state index in [-0.39, 0.29) is 13.0 Å². The third kappa shape index (κ3) is 8.85. The molecular weight excluding hydrogens is 352 g/mol. The van der Waals surface area contributed by atoms with Gasteiger partial charge in [-0.2, -0.15) is 0 Å². The molecule has 1 aromatic rings. The number of carboxylic acid groups (broad SMARTS) is 1. The van der Waals surface area contributed by atoms with Crippen LogP contribution in [0.2, 0.25) is 0 Å². The van der Waals surface area contributed by atoms with E-state index in [9.17, 15) is 19.8 Å². The van der Waals surface area contributed by atoms with E-state index in [0.717, 1.165) is 5.56 Å². The number of hydrogen-bond donors (Lipinski definition) is 4. The highest BCUT2D eigenvalue weighted by atomic mass is 16.6. The Bertz CT molecular complexity index is 588. The first kappa shape index (κ1) is 22.9. The predicted molar refractivity (Wildman–Crippen MR) is 101 cm³/mol. The molecule has 1 rings (SSSR count). The topological polar surface area (TPSA) is 117 Å². The van der Waals surface area contributed by atoms with Crippen molar-refractivity contribution in [1.82, 2.24) is 10.6 Å². The molecule has 1 amide bonds. The second-order valence-electron chi connectivity index (χ2n) is 7.20. The van der Waals surface area contributed by atoms with Gasteiger partial charge in [-0.05, 0) is 32.8 Å². The van der Waals surface area contributed by atoms with Crippen molar-refractivity contribution in [3.63, 3.8) is 0 Å². The first-order valence-electron chi connectivity index (χ1n) is 8.80. The van der Waals surface area contributed by atoms with Crippen LogP contribution >= 0.6 is 0 Å². The first-order valence-corrected chi connectivity index (χ1v) is 8.80. The number of hydrogen-bond acceptors (Lipinski definition) is 6. The van der Waals surface area contributed by atoms with Crippen LogP contribution in [0.15, 0.2) is 30.3 Å². The third-order valence-corrected chi connectivity index (χ3v) is 3.69. The molecule has 0 saturated heterocycles. The van der Waals surface area contributed by atoms with Crippen molar-refractivity contribution in [2.24, 2.45) is 0 Å². The van der Waals surface area contributed by atoms with Gasteiger partial charge >= 0.3 is 12.1 Å². The van der Waals surface area contributed by atoms with E-state index in [1.807, 2.05) is 30.3 Å². The number of amides is 1. The average molecular weight is 382 g/mol. The fraction of sp³-hybridized carbons (Fsp3) is 0.579. The number of benzene rings is 1. The van der Waals surface area contributed by atoms with Crippen molar-refractivity contribution >= 4 is 12.1 Å². The summed E-state index contributed by atoms with van der Waals surface area (Å²) in [6, 6.07) is 7.05. The van der Waals surface area contributed by atoms with Crippen molar-refractivity contribution in [3.05, 3.63) is 35.9 Å². The summed E-state index contributed by atoms with van der Waals surface area (Å²) in [5.74, 6) is -1.22. The van der Waals surface area contributed by atoms with Crippen LogP contribution in [0, 0.1) is 0 Å². The minimum Gasteiger partial charge on any atom is -0.480 e. The van der Waals surface area contributed by atoms with E-state index >= 15 is 0 Å². The van der Waals surface area contributed by atoms with E-state index in [4.69, 9.17) is 9.47 Å². The minimum atomic E-state index is -1.38. The summed E-state index contributed by atoms with van der Waals surface area (Å²) in [5.41, 5.74) is 0.133. The van der Waals surface area contributed by atoms with Crippen molar-refractivity contribution in [2.75, 3.05) is 20.3 Å². The fourth-order valence-corrected chi connectivity index (χ4v) is 2.49. The van der Waals surface area contributed by atoms with E-state index in [2.05, 4.69) is 10.6 Å². The van der Waals surface area contributed by atoms with Crippen LogP contribution in [0.5, 0.6) is 0 Å². The molecule has 0 aromatic heterocycles. The highest BCUT2D eigenvalue weighted by molar-refractivity contribution is 5.75. The number of aliphatic carboxylic acids is 1. The minimum absolute atomic E-state index is 0.245. The third-order valence-electron chi connectivity index (χ3n) is 3.69. The van der Waals surface area contributed by atoms with Gasteiger partial charge in [0.25, 0.3) is 0 Å². The van der Waals surface area contributed by atoms with E-state index in [1.54, 1.807) is 20.8 Å². The molecule has 0 aliphatic carbocycles. The Kier molecular flexibility index (Phi) is 9.20. The largest absolute Gasteiger partial charge is 0.480 e. The number of carbonyl (C=O) groups is 2. The van der Waals surface area contributed by atoms with Crippen LogP contribution in [0.1, 0.15) is 26.3 Å². The first-order chi connectivity index (χ1) is 12.6. The lowest BCUT2D eigenvalue weighted by Gasteiger charge is -2.30. The summed E-state index contributed by atoms with van der Waals surface area (Å²) in [5, 5.41) is 25.5. The quantitative estimate of drug-likeness (QED) is 0.449. The molecule has 3 atom stereocenters. The van der Waals surface area contributed by atoms with Gasteiger partial charge < -0.3 is 25.0 Å². The zero-order valence-electron chi connectivity index (χ0n) is 16.3. The van der Waals surface area contributed by atoms with Crippen molar-refractivity contribution in [1.29, 1.82) is 0 Å². The van der Waals surface area contributed by atoms with Gasteiger partial charge in [0.2, 0.25) is 0 Å². The lowest BCUT2D eigenvalue weighted by Crippen LogP contribution is -2.57. The Morgan fingerprint density at radius 2 is 1.81 bits per heavy atom. The highest BCUT2D eigenvalue weighted by Crippen LogP contribution is 2.12. The molecule has 0 saturated carbocycles. The van der Waals surface area contributed by atoms with Crippen molar-refractivity contribution in [2.45, 2.75) is 51.0 Å². The second-order valence-corrected chi connectivity index (χ2v) is 7.20. The number of aliphatic hydroxyl groups is 1. The Morgan fingerprint density at radius 1 is 1.19 bits per heavy atom. The number of nitrogens with one attached hydrogen (secondary N) is 2. The molecule has 0 aliphatic rings. The monoisotopic (exact) mass is 382 g/mol. The standard InChI is InChI=1S/C19H30N2O6/c1-19(2,3)27-18(25)21-14(12-13-8-6-5-7-9-13)16(22)15(17(23)24)20-10-11-26-4/h5-9,14-16,20,22H,10-12H2,1-4H3,(H,21,25)(H,23,24). The maximum absolute atomic E-state index is 12.2. The molecular formula is C19H30N2O6. The Labute approximate surface area is 159 Å². The molecule has 0 heterocycles. The van der Waals surface area contributed by atoms with Crippen LogP contribution in [0.3, 0.4) is 0 Å². The van der Waals surface area contributed by atoms with Crippen LogP contribution in [0.25, 0.3) is 0 Å². The maximum Gasteiger partial charge on any atom is 0.407 e. The van der Waals surface area contributed by atoms with Crippen molar-refractivity contribution < 1.29 is 29.3 Å². The van der Waals surface area contributed by atoms with Gasteiger partial charge in [-0.15, -0.1) is 0 Å². The lowest BCUT2D eigenvalue weighted by molar-refractivity contribution is -0.143. The zero-order valence-corrected chi connectivity index (χ0v) is 16.3. The van der Waals surface area contributed by atoms with E-state index in [0.29, 0.717) is 6.61 Å². The van der Waals surface area contributed by atoms with E-state index in [1.165, 1.54) is 7.11 Å². The molecule has 3 unspecified atom stereocenters. The van der Waals surface area contributed by atoms with Gasteiger partial charge in [0, 0.05) is 13.7 Å². The Hall–Kier alpha value is -2.16. The summed E-state index contributed by atoms with van der Waals surface area (Å²) in [7, 11) is 1.50. The average Bonchev–Trinajstić information content (AvgIpc) is 2.56. The number of carboxylic acids is 1. The fourth-order valence-electron chi connectivity index (χ4n) is 2.49. The number of methoxy groups -OCH3 is 1. The van der Waals surface area contributed by atoms with Gasteiger partial charge in [0.15, 0.2) is 0 Å². The van der Waals surface area contributed by atoms with Crippen molar-refractivity contribution in [3.8, 4) is 0 Å². The molecule has 0 fully saturated rings. The van der Waals surface area contributed by atoms with Crippen LogP contribution in [-0.4, -0.2) is 66.3 Å². The molecule has 1 aromatic carbocycles. The molecule has 0 bridgehead atoms. The number of rotatable bonds is 10. The van der Waals surface area contributed by atoms with Crippen LogP contribution < -0.4 is 10.6 Å². The summed E-state index contributed by atoms with van der Waals surface area (Å²) < 4.78 is 10.1. The summed E-state index contributed by atoms with van der Waals surface area (Å²) in [6.07, 6.45) is -1.85. The second kappa shape index (κ2) is 10.9. The molecule has 8 heteroatoms. The maximum atomic E-state index is 12.2.